The number of aromatic nitrogens is 3. The number of nitrogens with zero attached hydrogens (tertiary/aromatic N) is 3. The molecule has 2 rings (SSSR count). The van der Waals surface area contributed by atoms with Crippen LogP contribution in [0.2, 0.25) is 5.35 Å². The molecule has 0 radical (unpaired) electrons. The number of halogens is 1. The normalized spacial score (nSPS) is 10.2. The van der Waals surface area contributed by atoms with E-state index in [0.29, 0.717) is 12.2 Å². The van der Waals surface area contributed by atoms with Gasteiger partial charge in [-0.15, -0.1) is 0 Å². The van der Waals surface area contributed by atoms with Crippen LogP contribution in [0.25, 0.3) is 0 Å². The lowest BCUT2D eigenvalue weighted by Crippen LogP contribution is -1.90. The second-order valence-corrected chi connectivity index (χ2v) is 2.82. The van der Waals surface area contributed by atoms with E-state index in [9.17, 15) is 0 Å². The summed E-state index contributed by atoms with van der Waals surface area (Å²) in [6.45, 7) is 0. The maximum absolute atomic E-state index is 5.47. The van der Waals surface area contributed by atoms with Crippen LogP contribution in [-0.4, -0.2) is 15.1 Å². The zero-order chi connectivity index (χ0) is 9.10. The van der Waals surface area contributed by atoms with Crippen molar-refractivity contribution in [1.29, 1.82) is 0 Å². The predicted octanol–water partition coefficient (Wildman–Crippen LogP) is 1.71. The summed E-state index contributed by atoms with van der Waals surface area (Å²) in [4.78, 5) is 7.78. The molecule has 0 atom stereocenters. The molecular weight excluding hydrogens is 190 g/mol. The van der Waals surface area contributed by atoms with Crippen LogP contribution < -0.4 is 0 Å². The second-order valence-electron chi connectivity index (χ2n) is 2.50. The standard InChI is InChI=1S/C8H6ClN3O/c9-8-11-7(12-13-8)5-6-1-3-10-4-2-6/h1-4H,5H2. The Morgan fingerprint density at radius 3 is 2.69 bits per heavy atom. The van der Waals surface area contributed by atoms with Gasteiger partial charge in [0.05, 0.1) is 0 Å². The second kappa shape index (κ2) is 3.53. The first-order valence-corrected chi connectivity index (χ1v) is 4.09. The molecule has 0 aliphatic rings. The summed E-state index contributed by atoms with van der Waals surface area (Å²) in [5.41, 5.74) is 1.08. The van der Waals surface area contributed by atoms with Crippen molar-refractivity contribution in [2.45, 2.75) is 6.42 Å². The molecule has 66 valence electrons. The third-order valence-corrected chi connectivity index (χ3v) is 1.71. The van der Waals surface area contributed by atoms with Crippen LogP contribution in [-0.2, 0) is 6.42 Å². The van der Waals surface area contributed by atoms with Gasteiger partial charge in [0.1, 0.15) is 0 Å². The third-order valence-electron chi connectivity index (χ3n) is 1.55. The lowest BCUT2D eigenvalue weighted by atomic mass is 10.2. The minimum Gasteiger partial charge on any atom is -0.321 e. The van der Waals surface area contributed by atoms with Crippen molar-refractivity contribution in [3.05, 3.63) is 41.3 Å². The highest BCUT2D eigenvalue weighted by Crippen LogP contribution is 2.08. The van der Waals surface area contributed by atoms with E-state index >= 15 is 0 Å². The van der Waals surface area contributed by atoms with Gasteiger partial charge in [-0.25, -0.2) is 0 Å². The first-order chi connectivity index (χ1) is 6.34. The maximum Gasteiger partial charge on any atom is 0.320 e. The molecule has 0 aromatic carbocycles. The Hall–Kier alpha value is -1.42. The van der Waals surface area contributed by atoms with Crippen LogP contribution in [0.1, 0.15) is 11.4 Å². The fraction of sp³-hybridized carbons (Fsp3) is 0.125. The molecule has 0 saturated heterocycles. The summed E-state index contributed by atoms with van der Waals surface area (Å²) in [6, 6.07) is 3.79. The highest BCUT2D eigenvalue weighted by Gasteiger charge is 2.03. The molecule has 0 unspecified atom stereocenters. The van der Waals surface area contributed by atoms with Gasteiger partial charge < -0.3 is 4.52 Å². The topological polar surface area (TPSA) is 51.8 Å². The average molecular weight is 196 g/mol. The predicted molar refractivity (Wildman–Crippen MR) is 46.4 cm³/mol. The van der Waals surface area contributed by atoms with Crippen LogP contribution >= 0.6 is 11.6 Å². The highest BCUT2D eigenvalue weighted by atomic mass is 35.5. The van der Waals surface area contributed by atoms with E-state index in [1.807, 2.05) is 12.1 Å². The Morgan fingerprint density at radius 2 is 2.08 bits per heavy atom. The Bertz CT molecular complexity index is 387. The van der Waals surface area contributed by atoms with Crippen LogP contribution in [0.15, 0.2) is 29.0 Å². The molecular formula is C8H6ClN3O. The molecule has 5 heteroatoms. The van der Waals surface area contributed by atoms with Crippen LogP contribution in [0.5, 0.6) is 0 Å². The van der Waals surface area contributed by atoms with E-state index in [2.05, 4.69) is 19.6 Å². The molecule has 0 saturated carbocycles. The molecule has 0 fully saturated rings. The zero-order valence-electron chi connectivity index (χ0n) is 6.64. The van der Waals surface area contributed by atoms with Crippen molar-refractivity contribution in [1.82, 2.24) is 15.1 Å². The summed E-state index contributed by atoms with van der Waals surface area (Å²) in [6.07, 6.45) is 4.05. The molecule has 0 bridgehead atoms. The molecule has 0 aliphatic carbocycles. The Kier molecular flexibility index (Phi) is 2.23. The van der Waals surface area contributed by atoms with Gasteiger partial charge in [-0.2, -0.15) is 4.98 Å². The summed E-state index contributed by atoms with van der Waals surface area (Å²) >= 11 is 5.47. The van der Waals surface area contributed by atoms with Crippen molar-refractivity contribution in [2.24, 2.45) is 0 Å². The number of pyridine rings is 1. The van der Waals surface area contributed by atoms with Crippen molar-refractivity contribution in [3.8, 4) is 0 Å². The largest absolute Gasteiger partial charge is 0.321 e. The summed E-state index contributed by atoms with van der Waals surface area (Å²) in [5, 5.41) is 3.75. The quantitative estimate of drug-likeness (QED) is 0.732. The van der Waals surface area contributed by atoms with Gasteiger partial charge in [-0.1, -0.05) is 5.16 Å². The maximum atomic E-state index is 5.47. The Morgan fingerprint density at radius 1 is 1.31 bits per heavy atom. The monoisotopic (exact) mass is 195 g/mol. The van der Waals surface area contributed by atoms with Gasteiger partial charge >= 0.3 is 5.35 Å². The van der Waals surface area contributed by atoms with Gasteiger partial charge in [-0.3, -0.25) is 4.98 Å². The Balaban J connectivity index is 2.15. The first kappa shape index (κ1) is 8.19. The molecule has 2 aromatic rings. The smallest absolute Gasteiger partial charge is 0.320 e. The van der Waals surface area contributed by atoms with Crippen LogP contribution in [0, 0.1) is 0 Å². The minimum atomic E-state index is 0.0732. The van der Waals surface area contributed by atoms with E-state index in [4.69, 9.17) is 11.6 Å². The lowest BCUT2D eigenvalue weighted by molar-refractivity contribution is 0.413. The zero-order valence-corrected chi connectivity index (χ0v) is 7.40. The number of hydrogen-bond donors (Lipinski definition) is 0. The summed E-state index contributed by atoms with van der Waals surface area (Å²) in [7, 11) is 0. The van der Waals surface area contributed by atoms with Gasteiger partial charge in [0, 0.05) is 18.8 Å². The van der Waals surface area contributed by atoms with Crippen molar-refractivity contribution in [2.75, 3.05) is 0 Å². The van der Waals surface area contributed by atoms with Gasteiger partial charge in [0.25, 0.3) is 0 Å². The fourth-order valence-electron chi connectivity index (χ4n) is 0.988. The molecule has 0 spiro atoms. The molecule has 2 aromatic heterocycles. The van der Waals surface area contributed by atoms with E-state index in [1.165, 1.54) is 0 Å². The Labute approximate surface area is 79.6 Å². The number of rotatable bonds is 2. The molecule has 2 heterocycles. The van der Waals surface area contributed by atoms with Crippen molar-refractivity contribution >= 4 is 11.6 Å². The van der Waals surface area contributed by atoms with Crippen molar-refractivity contribution < 1.29 is 4.52 Å². The average Bonchev–Trinajstić information content (AvgIpc) is 2.53. The molecule has 0 aliphatic heterocycles. The summed E-state index contributed by atoms with van der Waals surface area (Å²) < 4.78 is 4.63. The summed E-state index contributed by atoms with van der Waals surface area (Å²) in [5.74, 6) is 0.580. The first-order valence-electron chi connectivity index (χ1n) is 3.71. The lowest BCUT2D eigenvalue weighted by Gasteiger charge is -1.92. The SMILES string of the molecule is Clc1nc(Cc2ccncc2)no1. The van der Waals surface area contributed by atoms with Gasteiger partial charge in [-0.05, 0) is 29.3 Å². The third kappa shape index (κ3) is 2.03. The molecule has 13 heavy (non-hydrogen) atoms. The molecule has 0 N–H and O–H groups in total. The van der Waals surface area contributed by atoms with E-state index < -0.39 is 0 Å². The fourth-order valence-corrected chi connectivity index (χ4v) is 1.12. The van der Waals surface area contributed by atoms with E-state index in [0.717, 1.165) is 5.56 Å². The molecule has 0 amide bonds. The van der Waals surface area contributed by atoms with Gasteiger partial charge in [0.15, 0.2) is 5.82 Å². The van der Waals surface area contributed by atoms with Crippen LogP contribution in [0.4, 0.5) is 0 Å². The van der Waals surface area contributed by atoms with E-state index in [1.54, 1.807) is 12.4 Å². The minimum absolute atomic E-state index is 0.0732. The number of hydrogen-bond acceptors (Lipinski definition) is 4. The van der Waals surface area contributed by atoms with Gasteiger partial charge in [0.2, 0.25) is 0 Å². The molecule has 4 nitrogen and oxygen atoms in total. The highest BCUT2D eigenvalue weighted by molar-refractivity contribution is 6.27. The van der Waals surface area contributed by atoms with Crippen molar-refractivity contribution in [3.63, 3.8) is 0 Å². The van der Waals surface area contributed by atoms with Crippen LogP contribution in [0.3, 0.4) is 0 Å². The van der Waals surface area contributed by atoms with E-state index in [-0.39, 0.29) is 5.35 Å².